The summed E-state index contributed by atoms with van der Waals surface area (Å²) in [6.07, 6.45) is 0. The van der Waals surface area contributed by atoms with Crippen molar-refractivity contribution >= 4 is 198 Å². The molecule has 0 amide bonds. The molecular formula is C72H216N12O6Si24U6. The maximum absolute atomic E-state index is 4.82. The number of hydrogen-bond acceptors (Lipinski definition) is 0. The minimum absolute atomic E-state index is 0. The third kappa shape index (κ3) is 307. The van der Waals surface area contributed by atoms with E-state index in [0.29, 0.717) is 0 Å². The van der Waals surface area contributed by atoms with E-state index in [1.54, 1.807) is 0 Å². The van der Waals surface area contributed by atoms with E-state index in [9.17, 15) is 0 Å². The van der Waals surface area contributed by atoms with Crippen molar-refractivity contribution in [1.82, 2.24) is 0 Å². The van der Waals surface area contributed by atoms with Crippen molar-refractivity contribution in [2.45, 2.75) is 471 Å². The molecule has 720 valence electrons. The zero-order chi connectivity index (χ0) is 92.5. The fourth-order valence-corrected chi connectivity index (χ4v) is 109. The van der Waals surface area contributed by atoms with Gasteiger partial charge in [-0.2, -0.15) is 0 Å². The van der Waals surface area contributed by atoms with Crippen molar-refractivity contribution in [1.29, 1.82) is 0 Å². The molecule has 0 fully saturated rings. The van der Waals surface area contributed by atoms with Crippen LogP contribution >= 0.6 is 0 Å². The summed E-state index contributed by atoms with van der Waals surface area (Å²) in [5.74, 6) is 0. The largest absolute Gasteiger partial charge is 4.00 e. The maximum atomic E-state index is 4.82. The molecule has 120 heavy (non-hydrogen) atoms. The van der Waals surface area contributed by atoms with Gasteiger partial charge in [0.1, 0.15) is 0 Å². The smallest absolute Gasteiger partial charge is 2.00 e. The molecule has 0 aromatic rings. The Morgan fingerprint density at radius 3 is 0.0833 bits per heavy atom. The van der Waals surface area contributed by atoms with E-state index >= 15 is 0 Å². The number of nitrogens with zero attached hydrogens (tertiary/aromatic N) is 12. The molecular weight excluding hydrogens is 3230 g/mol. The van der Waals surface area contributed by atoms with Crippen LogP contribution in [-0.4, -0.2) is 198 Å². The van der Waals surface area contributed by atoms with Crippen molar-refractivity contribution in [3.05, 3.63) is 55.8 Å². The predicted octanol–water partition coefficient (Wildman–Crippen LogP) is 35.6. The van der Waals surface area contributed by atoms with Crippen LogP contribution in [0.5, 0.6) is 0 Å². The molecule has 0 aliphatic heterocycles. The molecule has 0 unspecified atom stereocenters. The maximum Gasteiger partial charge on any atom is 4.00 e. The third-order valence-corrected chi connectivity index (χ3v) is 72.4. The van der Waals surface area contributed by atoms with Gasteiger partial charge in [-0.05, 0) is 0 Å². The van der Waals surface area contributed by atoms with E-state index in [4.69, 9.17) is 55.8 Å². The Kier molecular flexibility index (Phi) is 125. The molecule has 0 saturated carbocycles. The molecule has 0 aliphatic rings. The summed E-state index contributed by atoms with van der Waals surface area (Å²) in [5, 5.41) is 0. The second-order valence-electron chi connectivity index (χ2n) is 53.4. The van der Waals surface area contributed by atoms with Gasteiger partial charge in [0.05, 0.1) is 0 Å². The molecule has 0 heterocycles. The zero-order valence-corrected chi connectivity index (χ0v) is 144. The average molecular weight is 3450 g/mol. The monoisotopic (exact) mass is 3450 g/mol. The van der Waals surface area contributed by atoms with Gasteiger partial charge in [-0.3, -0.25) is 0 Å². The first-order valence-corrected chi connectivity index (χ1v) is 124. The van der Waals surface area contributed by atoms with Gasteiger partial charge in [-0.1, -0.05) is 669 Å². The van der Waals surface area contributed by atoms with Crippen LogP contribution in [0.1, 0.15) is 0 Å². The first-order chi connectivity index (χ1) is 44.5. The van der Waals surface area contributed by atoms with Gasteiger partial charge in [0, 0.05) is 0 Å². The molecule has 0 aromatic heterocycles. The Morgan fingerprint density at radius 2 is 0.0833 bits per heavy atom. The van der Waals surface area contributed by atoms with Gasteiger partial charge < -0.3 is 88.6 Å². The van der Waals surface area contributed by atoms with Crippen LogP contribution in [0.2, 0.25) is 471 Å². The topological polar surface area (TPSA) is 340 Å². The van der Waals surface area contributed by atoms with Crippen LogP contribution in [-0.2, 0) is 32.9 Å². The van der Waals surface area contributed by atoms with Crippen molar-refractivity contribution in [3.8, 4) is 0 Å². The van der Waals surface area contributed by atoms with E-state index in [-0.39, 0.29) is 220 Å². The van der Waals surface area contributed by atoms with Crippen molar-refractivity contribution in [2.75, 3.05) is 0 Å². The van der Waals surface area contributed by atoms with Crippen molar-refractivity contribution < 1.29 is 220 Å². The van der Waals surface area contributed by atoms with Gasteiger partial charge in [0.25, 0.3) is 0 Å². The van der Waals surface area contributed by atoms with E-state index in [1.807, 2.05) is 0 Å². The SMILES string of the molecule is C[Si](C)(C)[N-][Si](C)(C)C.C[Si](C)(C)[N-][Si](C)(C)C.C[Si](C)(C)[N-][Si](C)(C)C.C[Si](C)(C)[N-][Si](C)(C)C.C[Si](C)(C)[N-][Si](C)(C)C.C[Si](C)(C)[N-][Si](C)(C)C.C[Si](C)(C)[N-][Si](C)(C)C.C[Si](C)(C)[N-][Si](C)(C)C.C[Si](C)(C)[N-][Si](C)(C)C.C[Si](C)(C)[N-][Si](C)(C)C.C[Si](C)(C)[N-][Si](C)(C)C.C[Si](C)(C)[N-][Si](C)(C)C.[O-2].[O-2].[O-2].[O-2].[O-2].[O-2].[U+4].[U+4].[U+4].[U+4].[U+4].[U+4]. The molecule has 0 N–H and O–H groups in total. The minimum Gasteiger partial charge on any atom is -2.00 e. The van der Waals surface area contributed by atoms with Crippen LogP contribution in [0.25, 0.3) is 55.8 Å². The number of hydrogen-bond donors (Lipinski definition) is 0. The van der Waals surface area contributed by atoms with Gasteiger partial charge in [0.2, 0.25) is 0 Å². The van der Waals surface area contributed by atoms with Crippen LogP contribution in [0.4, 0.5) is 0 Å². The Balaban J connectivity index is -0.0000000377. The van der Waals surface area contributed by atoms with E-state index in [2.05, 4.69) is 471 Å². The first-order valence-electron chi connectivity index (χ1n) is 41.4. The Labute approximate surface area is 930 Å². The molecule has 18 nitrogen and oxygen atoms in total. The first kappa shape index (κ1) is 193. The average Bonchev–Trinajstić information content (AvgIpc) is 1.03. The number of rotatable bonds is 24. The van der Waals surface area contributed by atoms with Gasteiger partial charge in [0.15, 0.2) is 0 Å². The molecule has 0 aromatic carbocycles. The fourth-order valence-electron chi connectivity index (χ4n) is 12.1. The summed E-state index contributed by atoms with van der Waals surface area (Å²) < 4.78 is 57.8. The predicted molar refractivity (Wildman–Crippen MR) is 605 cm³/mol. The fraction of sp³-hybridized carbons (Fsp3) is 1.00. The molecule has 0 aliphatic carbocycles. The third-order valence-electron chi connectivity index (χ3n) is 8.05. The van der Waals surface area contributed by atoms with E-state index in [0.717, 1.165) is 0 Å². The van der Waals surface area contributed by atoms with Crippen LogP contribution < -0.4 is 0 Å². The Morgan fingerprint density at radius 1 is 0.0667 bits per heavy atom. The quantitative estimate of drug-likeness (QED) is 0.0814. The van der Waals surface area contributed by atoms with Crippen molar-refractivity contribution in [3.63, 3.8) is 0 Å². The second-order valence-corrected chi connectivity index (χ2v) is 168. The van der Waals surface area contributed by atoms with Crippen LogP contribution in [0.3, 0.4) is 0 Å². The molecule has 0 atom stereocenters. The summed E-state index contributed by atoms with van der Waals surface area (Å²) in [6, 6.07) is 0. The summed E-state index contributed by atoms with van der Waals surface area (Å²) >= 11 is 0. The van der Waals surface area contributed by atoms with Crippen molar-refractivity contribution in [2.24, 2.45) is 0 Å². The normalized spacial score (nSPS) is 12.6. The summed E-state index contributed by atoms with van der Waals surface area (Å²) in [6.45, 7) is 165. The zero-order valence-electron chi connectivity index (χ0n) is 94.8. The molecule has 0 saturated heterocycles. The van der Waals surface area contributed by atoms with E-state index < -0.39 is 198 Å². The van der Waals surface area contributed by atoms with E-state index in [1.165, 1.54) is 0 Å². The molecule has 0 bridgehead atoms. The molecule has 48 heteroatoms. The molecule has 0 radical (unpaired) electrons. The Bertz CT molecular complexity index is 1540. The van der Waals surface area contributed by atoms with Gasteiger partial charge in [-0.15, -0.1) is 0 Å². The summed E-state index contributed by atoms with van der Waals surface area (Å²) in [7, 11) is -26.5. The summed E-state index contributed by atoms with van der Waals surface area (Å²) in [5.41, 5.74) is 0. The van der Waals surface area contributed by atoms with Crippen LogP contribution in [0.15, 0.2) is 0 Å². The standard InChI is InChI=1S/12C6H18NSi2.6O.6U/c12*1-8(2,3)7-9(4,5)6;;;;;;;;;;;;/h12*1-6H3;;;;;;;;;;;;/q12*-1;6*-2;6*+4. The minimum atomic E-state index is -1.11. The molecule has 0 rings (SSSR count). The summed E-state index contributed by atoms with van der Waals surface area (Å²) in [4.78, 5) is 0. The van der Waals surface area contributed by atoms with Gasteiger partial charge >= 0.3 is 187 Å². The Hall–Kier alpha value is 10.8. The molecule has 0 spiro atoms. The second kappa shape index (κ2) is 77.4. The van der Waals surface area contributed by atoms with Crippen LogP contribution in [0, 0.1) is 187 Å². The van der Waals surface area contributed by atoms with Gasteiger partial charge in [-0.25, -0.2) is 0 Å².